The summed E-state index contributed by atoms with van der Waals surface area (Å²) in [6.45, 7) is 3.58. The van der Waals surface area contributed by atoms with Crippen LogP contribution in [-0.2, 0) is 10.8 Å². The van der Waals surface area contributed by atoms with E-state index in [0.717, 1.165) is 24.3 Å². The molecule has 0 amide bonds. The van der Waals surface area contributed by atoms with Gasteiger partial charge < -0.3 is 4.90 Å². The highest BCUT2D eigenvalue weighted by atomic mass is 32.2. The Labute approximate surface area is 98.1 Å². The average molecular weight is 234 g/mol. The van der Waals surface area contributed by atoms with E-state index in [0.29, 0.717) is 17.1 Å². The van der Waals surface area contributed by atoms with Gasteiger partial charge in [-0.25, -0.2) is 0 Å². The van der Waals surface area contributed by atoms with Crippen LogP contribution in [0.1, 0.15) is 11.1 Å². The third-order valence-corrected chi connectivity index (χ3v) is 4.13. The molecule has 0 bridgehead atoms. The Hall–Kier alpha value is -1.34. The van der Waals surface area contributed by atoms with Crippen LogP contribution in [0, 0.1) is 18.3 Å². The van der Waals surface area contributed by atoms with Crippen molar-refractivity contribution in [3.8, 4) is 6.07 Å². The highest BCUT2D eigenvalue weighted by Crippen LogP contribution is 2.25. The number of nitrogens with zero attached hydrogens (tertiary/aromatic N) is 2. The second-order valence-corrected chi connectivity index (χ2v) is 5.61. The summed E-state index contributed by atoms with van der Waals surface area (Å²) in [6.07, 6.45) is 0. The van der Waals surface area contributed by atoms with Crippen molar-refractivity contribution in [2.75, 3.05) is 29.5 Å². The minimum Gasteiger partial charge on any atom is -0.368 e. The van der Waals surface area contributed by atoms with Gasteiger partial charge in [0.2, 0.25) is 0 Å². The van der Waals surface area contributed by atoms with Crippen LogP contribution in [0.25, 0.3) is 0 Å². The van der Waals surface area contributed by atoms with E-state index in [1.807, 2.05) is 25.1 Å². The van der Waals surface area contributed by atoms with Gasteiger partial charge in [0.1, 0.15) is 6.07 Å². The summed E-state index contributed by atoms with van der Waals surface area (Å²) in [5.74, 6) is 1.42. The summed E-state index contributed by atoms with van der Waals surface area (Å²) in [6, 6.07) is 7.99. The molecule has 0 atom stereocenters. The van der Waals surface area contributed by atoms with Gasteiger partial charge in [-0.2, -0.15) is 5.26 Å². The molecule has 1 saturated heterocycles. The summed E-state index contributed by atoms with van der Waals surface area (Å²) < 4.78 is 11.3. The molecule has 0 aromatic heterocycles. The molecule has 0 N–H and O–H groups in total. The first-order valence-electron chi connectivity index (χ1n) is 5.32. The SMILES string of the molecule is Cc1cccc(C#N)c1N1CCS(=O)CC1. The fraction of sp³-hybridized carbons (Fsp3) is 0.417. The van der Waals surface area contributed by atoms with Gasteiger partial charge in [-0.3, -0.25) is 4.21 Å². The third-order valence-electron chi connectivity index (χ3n) is 2.85. The zero-order chi connectivity index (χ0) is 11.5. The number of rotatable bonds is 1. The molecule has 0 spiro atoms. The molecule has 1 aromatic carbocycles. The molecule has 0 unspecified atom stereocenters. The number of anilines is 1. The molecule has 16 heavy (non-hydrogen) atoms. The Morgan fingerprint density at radius 1 is 1.38 bits per heavy atom. The largest absolute Gasteiger partial charge is 0.368 e. The minimum atomic E-state index is -0.674. The maximum Gasteiger partial charge on any atom is 0.101 e. The number of nitriles is 1. The van der Waals surface area contributed by atoms with Gasteiger partial charge in [0, 0.05) is 35.4 Å². The summed E-state index contributed by atoms with van der Waals surface area (Å²) >= 11 is 0. The van der Waals surface area contributed by atoms with Crippen LogP contribution in [-0.4, -0.2) is 28.8 Å². The van der Waals surface area contributed by atoms with Gasteiger partial charge in [-0.15, -0.1) is 0 Å². The molecule has 1 fully saturated rings. The lowest BCUT2D eigenvalue weighted by Gasteiger charge is -2.30. The second-order valence-electron chi connectivity index (χ2n) is 3.92. The Morgan fingerprint density at radius 2 is 2.06 bits per heavy atom. The van der Waals surface area contributed by atoms with Gasteiger partial charge in [0.25, 0.3) is 0 Å². The van der Waals surface area contributed by atoms with Crippen molar-refractivity contribution in [2.45, 2.75) is 6.92 Å². The average Bonchev–Trinajstić information content (AvgIpc) is 2.30. The Morgan fingerprint density at radius 3 is 2.69 bits per heavy atom. The predicted octanol–water partition coefficient (Wildman–Crippen LogP) is 1.44. The third kappa shape index (κ3) is 2.10. The van der Waals surface area contributed by atoms with Crippen molar-refractivity contribution in [3.05, 3.63) is 29.3 Å². The molecular formula is C12H14N2OS. The van der Waals surface area contributed by atoms with Crippen molar-refractivity contribution in [2.24, 2.45) is 0 Å². The van der Waals surface area contributed by atoms with Crippen molar-refractivity contribution < 1.29 is 4.21 Å². The van der Waals surface area contributed by atoms with Crippen LogP contribution in [0.5, 0.6) is 0 Å². The molecule has 0 radical (unpaired) electrons. The predicted molar refractivity (Wildman–Crippen MR) is 66.0 cm³/mol. The summed E-state index contributed by atoms with van der Waals surface area (Å²) in [5, 5.41) is 9.09. The topological polar surface area (TPSA) is 44.1 Å². The van der Waals surface area contributed by atoms with Gasteiger partial charge >= 0.3 is 0 Å². The summed E-state index contributed by atoms with van der Waals surface area (Å²) in [4.78, 5) is 2.18. The fourth-order valence-electron chi connectivity index (χ4n) is 2.03. The Balaban J connectivity index is 2.33. The summed E-state index contributed by atoms with van der Waals surface area (Å²) in [5.41, 5.74) is 2.85. The Kier molecular flexibility index (Phi) is 3.25. The van der Waals surface area contributed by atoms with Crippen LogP contribution < -0.4 is 4.90 Å². The van der Waals surface area contributed by atoms with Crippen LogP contribution >= 0.6 is 0 Å². The summed E-state index contributed by atoms with van der Waals surface area (Å²) in [7, 11) is -0.674. The van der Waals surface area contributed by atoms with Crippen molar-refractivity contribution in [3.63, 3.8) is 0 Å². The van der Waals surface area contributed by atoms with Gasteiger partial charge in [-0.1, -0.05) is 12.1 Å². The molecule has 0 saturated carbocycles. The highest BCUT2D eigenvalue weighted by molar-refractivity contribution is 7.85. The first kappa shape index (κ1) is 11.2. The minimum absolute atomic E-state index is 0.674. The molecule has 4 heteroatoms. The van der Waals surface area contributed by atoms with E-state index < -0.39 is 10.8 Å². The van der Waals surface area contributed by atoms with Crippen molar-refractivity contribution in [1.82, 2.24) is 0 Å². The number of hydrogen-bond acceptors (Lipinski definition) is 3. The lowest BCUT2D eigenvalue weighted by atomic mass is 10.1. The molecule has 1 aliphatic heterocycles. The monoisotopic (exact) mass is 234 g/mol. The van der Waals surface area contributed by atoms with E-state index in [4.69, 9.17) is 5.26 Å². The van der Waals surface area contributed by atoms with Crippen LogP contribution in [0.15, 0.2) is 18.2 Å². The second kappa shape index (κ2) is 4.67. The standard InChI is InChI=1S/C12H14N2OS/c1-10-3-2-4-11(9-13)12(10)14-5-7-16(15)8-6-14/h2-4H,5-8H2,1H3. The van der Waals surface area contributed by atoms with Crippen LogP contribution in [0.4, 0.5) is 5.69 Å². The smallest absolute Gasteiger partial charge is 0.101 e. The first-order chi connectivity index (χ1) is 7.72. The van der Waals surface area contributed by atoms with Crippen molar-refractivity contribution >= 4 is 16.5 Å². The van der Waals surface area contributed by atoms with E-state index >= 15 is 0 Å². The zero-order valence-electron chi connectivity index (χ0n) is 9.27. The maximum absolute atomic E-state index is 11.3. The molecular weight excluding hydrogens is 220 g/mol. The molecule has 2 rings (SSSR count). The highest BCUT2D eigenvalue weighted by Gasteiger charge is 2.19. The van der Waals surface area contributed by atoms with Gasteiger partial charge in [-0.05, 0) is 18.6 Å². The first-order valence-corrected chi connectivity index (χ1v) is 6.81. The van der Waals surface area contributed by atoms with E-state index in [-0.39, 0.29) is 0 Å². The lowest BCUT2D eigenvalue weighted by molar-refractivity contribution is 0.673. The quantitative estimate of drug-likeness (QED) is 0.738. The molecule has 1 aromatic rings. The van der Waals surface area contributed by atoms with E-state index in [9.17, 15) is 4.21 Å². The van der Waals surface area contributed by atoms with E-state index in [1.165, 1.54) is 0 Å². The van der Waals surface area contributed by atoms with E-state index in [2.05, 4.69) is 11.0 Å². The molecule has 3 nitrogen and oxygen atoms in total. The number of para-hydroxylation sites is 1. The fourth-order valence-corrected chi connectivity index (χ4v) is 3.08. The van der Waals surface area contributed by atoms with Gasteiger partial charge in [0.05, 0.1) is 11.3 Å². The molecule has 1 heterocycles. The normalized spacial score (nSPS) is 17.1. The number of benzene rings is 1. The van der Waals surface area contributed by atoms with E-state index in [1.54, 1.807) is 0 Å². The lowest BCUT2D eigenvalue weighted by Crippen LogP contribution is -2.38. The van der Waals surface area contributed by atoms with Crippen molar-refractivity contribution in [1.29, 1.82) is 5.26 Å². The van der Waals surface area contributed by atoms with Crippen LogP contribution in [0.3, 0.4) is 0 Å². The molecule has 0 aliphatic carbocycles. The number of aryl methyl sites for hydroxylation is 1. The molecule has 1 aliphatic rings. The Bertz CT molecular complexity index is 455. The van der Waals surface area contributed by atoms with Crippen LogP contribution in [0.2, 0.25) is 0 Å². The zero-order valence-corrected chi connectivity index (χ0v) is 10.1. The maximum atomic E-state index is 11.3. The molecule has 84 valence electrons. The number of hydrogen-bond donors (Lipinski definition) is 0. The van der Waals surface area contributed by atoms with Gasteiger partial charge in [0.15, 0.2) is 0 Å².